The average molecular weight is 306 g/mol. The summed E-state index contributed by atoms with van der Waals surface area (Å²) >= 11 is 0. The maximum atomic E-state index is 12.2. The number of hydrogen-bond acceptors (Lipinski definition) is 5. The lowest BCUT2D eigenvalue weighted by Gasteiger charge is -2.15. The van der Waals surface area contributed by atoms with E-state index in [0.717, 1.165) is 0 Å². The smallest absolute Gasteiger partial charge is 0.481 e. The van der Waals surface area contributed by atoms with E-state index in [-0.39, 0.29) is 11.4 Å². The molecule has 0 spiro atoms. The highest BCUT2D eigenvalue weighted by Gasteiger charge is 2.35. The summed E-state index contributed by atoms with van der Waals surface area (Å²) in [6.07, 6.45) is -4.43. The van der Waals surface area contributed by atoms with Gasteiger partial charge >= 0.3 is 6.36 Å². The third kappa shape index (κ3) is 3.39. The Hall–Kier alpha value is -1.22. The first-order chi connectivity index (χ1) is 8.06. The second-order valence-corrected chi connectivity index (χ2v) is 5.61. The maximum absolute atomic E-state index is 12.2. The van der Waals surface area contributed by atoms with Gasteiger partial charge in [0.2, 0.25) is 5.88 Å². The summed E-state index contributed by atoms with van der Waals surface area (Å²) in [5, 5.41) is 0. The third-order valence-electron chi connectivity index (χ3n) is 1.86. The molecule has 0 aliphatic carbocycles. The van der Waals surface area contributed by atoms with E-state index >= 15 is 0 Å². The third-order valence-corrected chi connectivity index (χ3v) is 3.17. The topological polar surface area (TPSA) is 65.5 Å². The fourth-order valence-corrected chi connectivity index (χ4v) is 2.10. The van der Waals surface area contributed by atoms with E-state index in [4.69, 9.17) is 10.7 Å². The number of rotatable bonds is 3. The zero-order valence-corrected chi connectivity index (χ0v) is 10.7. The van der Waals surface area contributed by atoms with Gasteiger partial charge in [-0.15, -0.1) is 13.2 Å². The highest BCUT2D eigenvalue weighted by Crippen LogP contribution is 2.37. The molecule has 0 saturated heterocycles. The molecule has 18 heavy (non-hydrogen) atoms. The Morgan fingerprint density at radius 2 is 1.94 bits per heavy atom. The second-order valence-electron chi connectivity index (χ2n) is 3.07. The maximum Gasteiger partial charge on any atom is 0.573 e. The van der Waals surface area contributed by atoms with E-state index in [0.29, 0.717) is 6.20 Å². The predicted octanol–water partition coefficient (Wildman–Crippen LogP) is 2.22. The van der Waals surface area contributed by atoms with Gasteiger partial charge in [-0.1, -0.05) is 0 Å². The zero-order valence-electron chi connectivity index (χ0n) is 9.08. The SMILES string of the molecule is COc1ncc(S(=O)(=O)Cl)c(OC(F)(F)F)c1C. The molecule has 0 fully saturated rings. The van der Waals surface area contributed by atoms with E-state index in [2.05, 4.69) is 14.5 Å². The Kier molecular flexibility index (Phi) is 3.96. The lowest BCUT2D eigenvalue weighted by molar-refractivity contribution is -0.275. The number of hydrogen-bond donors (Lipinski definition) is 0. The summed E-state index contributed by atoms with van der Waals surface area (Å²) in [6.45, 7) is 1.17. The molecule has 1 aromatic rings. The van der Waals surface area contributed by atoms with E-state index in [1.807, 2.05) is 0 Å². The molecular weight excluding hydrogens is 299 g/mol. The van der Waals surface area contributed by atoms with Crippen LogP contribution < -0.4 is 9.47 Å². The van der Waals surface area contributed by atoms with Crippen molar-refractivity contribution in [2.24, 2.45) is 0 Å². The zero-order chi connectivity index (χ0) is 14.1. The quantitative estimate of drug-likeness (QED) is 0.801. The number of pyridine rings is 1. The van der Waals surface area contributed by atoms with Crippen LogP contribution >= 0.6 is 10.7 Å². The Bertz CT molecular complexity index is 558. The van der Waals surface area contributed by atoms with Crippen molar-refractivity contribution in [3.8, 4) is 11.6 Å². The van der Waals surface area contributed by atoms with Crippen LogP contribution in [0.4, 0.5) is 13.2 Å². The molecule has 0 aliphatic heterocycles. The van der Waals surface area contributed by atoms with Gasteiger partial charge in [-0.2, -0.15) is 0 Å². The standard InChI is InChI=1S/C8H7ClF3NO4S/c1-4-6(17-8(10,11)12)5(18(9,14)15)3-13-7(4)16-2/h3H,1-2H3. The van der Waals surface area contributed by atoms with Crippen molar-refractivity contribution in [2.75, 3.05) is 7.11 Å². The van der Waals surface area contributed by atoms with Crippen LogP contribution in [-0.2, 0) is 9.05 Å². The molecule has 0 unspecified atom stereocenters. The fourth-order valence-electron chi connectivity index (χ4n) is 1.18. The predicted molar refractivity (Wildman–Crippen MR) is 55.2 cm³/mol. The molecule has 0 radical (unpaired) electrons. The summed E-state index contributed by atoms with van der Waals surface area (Å²) in [6, 6.07) is 0. The van der Waals surface area contributed by atoms with Crippen molar-refractivity contribution >= 4 is 19.7 Å². The molecular formula is C8H7ClF3NO4S. The van der Waals surface area contributed by atoms with Crippen LogP contribution in [0.1, 0.15) is 5.56 Å². The molecule has 0 amide bonds. The minimum absolute atomic E-state index is 0.196. The summed E-state index contributed by atoms with van der Waals surface area (Å²) in [5.74, 6) is -1.15. The Balaban J connectivity index is 3.51. The molecule has 0 aliphatic rings. The normalized spacial score (nSPS) is 12.3. The van der Waals surface area contributed by atoms with Gasteiger partial charge in [-0.05, 0) is 6.92 Å². The lowest BCUT2D eigenvalue weighted by atomic mass is 10.3. The number of halogens is 4. The summed E-state index contributed by atoms with van der Waals surface area (Å²) in [5.41, 5.74) is -0.225. The lowest BCUT2D eigenvalue weighted by Crippen LogP contribution is -2.19. The molecule has 102 valence electrons. The van der Waals surface area contributed by atoms with Crippen molar-refractivity contribution < 1.29 is 31.1 Å². The molecule has 1 aromatic heterocycles. The number of ether oxygens (including phenoxy) is 2. The van der Waals surface area contributed by atoms with Crippen molar-refractivity contribution in [3.63, 3.8) is 0 Å². The Morgan fingerprint density at radius 3 is 2.33 bits per heavy atom. The van der Waals surface area contributed by atoms with Gasteiger partial charge in [0.05, 0.1) is 18.9 Å². The first kappa shape index (κ1) is 14.8. The first-order valence-electron chi connectivity index (χ1n) is 4.30. The number of methoxy groups -OCH3 is 1. The Morgan fingerprint density at radius 1 is 1.39 bits per heavy atom. The van der Waals surface area contributed by atoms with Crippen molar-refractivity contribution in [1.29, 1.82) is 0 Å². The fraction of sp³-hybridized carbons (Fsp3) is 0.375. The monoisotopic (exact) mass is 305 g/mol. The second kappa shape index (κ2) is 4.81. The summed E-state index contributed by atoms with van der Waals surface area (Å²) in [4.78, 5) is 2.65. The van der Waals surface area contributed by atoms with Crippen molar-refractivity contribution in [3.05, 3.63) is 11.8 Å². The molecule has 10 heteroatoms. The minimum Gasteiger partial charge on any atom is -0.481 e. The summed E-state index contributed by atoms with van der Waals surface area (Å²) < 4.78 is 67.2. The van der Waals surface area contributed by atoms with Gasteiger partial charge in [0.1, 0.15) is 4.90 Å². The van der Waals surface area contributed by atoms with Crippen LogP contribution in [0.5, 0.6) is 11.6 Å². The van der Waals surface area contributed by atoms with Crippen molar-refractivity contribution in [2.45, 2.75) is 18.2 Å². The Labute approximate surface area is 105 Å². The van der Waals surface area contributed by atoms with Crippen LogP contribution in [0.2, 0.25) is 0 Å². The van der Waals surface area contributed by atoms with Gasteiger partial charge in [-0.3, -0.25) is 0 Å². The van der Waals surface area contributed by atoms with Gasteiger partial charge in [0.15, 0.2) is 5.75 Å². The molecule has 1 rings (SSSR count). The van der Waals surface area contributed by atoms with Crippen LogP contribution in [0.15, 0.2) is 11.1 Å². The van der Waals surface area contributed by atoms with Gasteiger partial charge in [0, 0.05) is 10.7 Å². The van der Waals surface area contributed by atoms with Gasteiger partial charge in [-0.25, -0.2) is 13.4 Å². The van der Waals surface area contributed by atoms with Crippen molar-refractivity contribution in [1.82, 2.24) is 4.98 Å². The molecule has 5 nitrogen and oxygen atoms in total. The van der Waals surface area contributed by atoms with E-state index < -0.39 is 26.1 Å². The average Bonchev–Trinajstić information content (AvgIpc) is 2.17. The molecule has 1 heterocycles. The first-order valence-corrected chi connectivity index (χ1v) is 6.61. The highest BCUT2D eigenvalue weighted by molar-refractivity contribution is 8.13. The number of alkyl halides is 3. The highest BCUT2D eigenvalue weighted by atomic mass is 35.7. The number of aromatic nitrogens is 1. The van der Waals surface area contributed by atoms with Crippen LogP contribution in [0.25, 0.3) is 0 Å². The largest absolute Gasteiger partial charge is 0.573 e. The van der Waals surface area contributed by atoms with E-state index in [1.165, 1.54) is 14.0 Å². The molecule has 0 saturated carbocycles. The van der Waals surface area contributed by atoms with Crippen LogP contribution in [0.3, 0.4) is 0 Å². The molecule has 0 bridgehead atoms. The molecule has 0 aromatic carbocycles. The summed E-state index contributed by atoms with van der Waals surface area (Å²) in [7, 11) is 1.75. The van der Waals surface area contributed by atoms with Crippen LogP contribution in [-0.4, -0.2) is 26.9 Å². The minimum atomic E-state index is -5.06. The molecule has 0 N–H and O–H groups in total. The van der Waals surface area contributed by atoms with Gasteiger partial charge < -0.3 is 9.47 Å². The van der Waals surface area contributed by atoms with Gasteiger partial charge in [0.25, 0.3) is 9.05 Å². The van der Waals surface area contributed by atoms with E-state index in [1.54, 1.807) is 0 Å². The van der Waals surface area contributed by atoms with Crippen LogP contribution in [0, 0.1) is 6.92 Å². The number of nitrogens with zero attached hydrogens (tertiary/aromatic N) is 1. The van der Waals surface area contributed by atoms with E-state index in [9.17, 15) is 21.6 Å². The molecule has 0 atom stereocenters.